The minimum atomic E-state index is 0. The van der Waals surface area contributed by atoms with Crippen LogP contribution in [-0.2, 0) is 23.9 Å². The molecule has 18 heavy (non-hydrogen) atoms. The first-order chi connectivity index (χ1) is 7.63. The van der Waals surface area contributed by atoms with Crippen LogP contribution in [0.1, 0.15) is 34.1 Å². The minimum absolute atomic E-state index is 0. The Hall–Kier alpha value is 0.280. The maximum Gasteiger partial charge on any atom is -1.00 e. The molecule has 0 saturated heterocycles. The van der Waals surface area contributed by atoms with Gasteiger partial charge in [0, 0.05) is 0 Å². The zero-order valence-electron chi connectivity index (χ0n) is 11.5. The van der Waals surface area contributed by atoms with Crippen LogP contribution in [0.4, 0.5) is 0 Å². The van der Waals surface area contributed by atoms with Crippen LogP contribution in [-0.4, -0.2) is 4.26 Å². The molecule has 1 atom stereocenters. The predicted molar refractivity (Wildman–Crippen MR) is 68.7 cm³/mol. The van der Waals surface area contributed by atoms with Crippen LogP contribution < -0.4 is 24.8 Å². The molecule has 3 heteroatoms. The maximum atomic E-state index is 3.39. The van der Waals surface area contributed by atoms with Crippen molar-refractivity contribution in [2.45, 2.75) is 34.1 Å². The predicted octanol–water partition coefficient (Wildman–Crippen LogP) is -2.00. The molecule has 0 aromatic heterocycles. The van der Waals surface area contributed by atoms with Gasteiger partial charge in [0.15, 0.2) is 0 Å². The second-order valence-corrected chi connectivity index (χ2v) is 3.80. The van der Waals surface area contributed by atoms with E-state index in [2.05, 4.69) is 50.2 Å². The summed E-state index contributed by atoms with van der Waals surface area (Å²) < 4.78 is 3.39. The maximum absolute atomic E-state index is 3.39. The average molecular weight is 450 g/mol. The van der Waals surface area contributed by atoms with Crippen molar-refractivity contribution >= 4 is 4.26 Å². The second-order valence-electron chi connectivity index (χ2n) is 3.80. The summed E-state index contributed by atoms with van der Waals surface area (Å²) in [5.41, 5.74) is 4.25. The Kier molecular flexibility index (Phi) is 17.8. The van der Waals surface area contributed by atoms with Gasteiger partial charge in [0.1, 0.15) is 0 Å². The summed E-state index contributed by atoms with van der Waals surface area (Å²) in [5.74, 6) is 0.560. The third-order valence-electron chi connectivity index (χ3n) is 2.82. The molecule has 0 N–H and O–H groups in total. The van der Waals surface area contributed by atoms with Crippen LogP contribution in [0.2, 0.25) is 0 Å². The van der Waals surface area contributed by atoms with E-state index >= 15 is 0 Å². The van der Waals surface area contributed by atoms with Gasteiger partial charge in [-0.25, -0.2) is 17.7 Å². The van der Waals surface area contributed by atoms with E-state index in [1.54, 1.807) is 0 Å². The number of allylic oxidation sites excluding steroid dienone is 8. The fourth-order valence-electron chi connectivity index (χ4n) is 1.50. The molecule has 0 radical (unpaired) electrons. The molecule has 2 aliphatic rings. The van der Waals surface area contributed by atoms with E-state index in [1.165, 1.54) is 16.7 Å². The van der Waals surface area contributed by atoms with Crippen LogP contribution in [0.25, 0.3) is 0 Å². The number of rotatable bonds is 0. The summed E-state index contributed by atoms with van der Waals surface area (Å²) >= 11 is 1.06. The van der Waals surface area contributed by atoms with Crippen molar-refractivity contribution in [1.29, 1.82) is 0 Å². The summed E-state index contributed by atoms with van der Waals surface area (Å²) in [4.78, 5) is 0. The largest absolute Gasteiger partial charge is 1.00 e. The van der Waals surface area contributed by atoms with Gasteiger partial charge in [0.05, 0.1) is 0 Å². The van der Waals surface area contributed by atoms with Crippen molar-refractivity contribution in [3.63, 3.8) is 0 Å². The fraction of sp³-hybridized carbons (Fsp3) is 0.400. The topological polar surface area (TPSA) is 0 Å². The number of halogens is 2. The van der Waals surface area contributed by atoms with Crippen LogP contribution in [0, 0.1) is 18.1 Å². The summed E-state index contributed by atoms with van der Waals surface area (Å²) in [5, 5.41) is 0. The van der Waals surface area contributed by atoms with E-state index in [0.717, 1.165) is 30.3 Å². The van der Waals surface area contributed by atoms with Crippen molar-refractivity contribution in [2.24, 2.45) is 5.92 Å². The second kappa shape index (κ2) is 13.7. The molecule has 0 saturated carbocycles. The molecule has 0 aliphatic heterocycles. The van der Waals surface area contributed by atoms with Gasteiger partial charge in [-0.05, 0) is 0 Å². The molecule has 2 aliphatic carbocycles. The van der Waals surface area contributed by atoms with Crippen LogP contribution >= 0.6 is 0 Å². The van der Waals surface area contributed by atoms with E-state index in [1.807, 2.05) is 12.2 Å². The van der Waals surface area contributed by atoms with Crippen molar-refractivity contribution < 1.29 is 48.7 Å². The molecular weight excluding hydrogens is 430 g/mol. The molecule has 0 fully saturated rings. The van der Waals surface area contributed by atoms with Gasteiger partial charge >= 0.3 is 28.2 Å². The fourth-order valence-corrected chi connectivity index (χ4v) is 1.50. The molecule has 0 aromatic rings. The first-order valence-corrected chi connectivity index (χ1v) is 8.02. The molecule has 0 spiro atoms. The normalized spacial score (nSPS) is 18.8. The van der Waals surface area contributed by atoms with E-state index in [4.69, 9.17) is 0 Å². The Bertz CT molecular complexity index is 328. The molecular formula is C15H20Cl2Hf-2. The Balaban J connectivity index is -0.000000217. The summed E-state index contributed by atoms with van der Waals surface area (Å²) in [7, 11) is 0. The number of hydrogen-bond donors (Lipinski definition) is 0. The van der Waals surface area contributed by atoms with Gasteiger partial charge in [-0.2, -0.15) is 17.2 Å². The van der Waals surface area contributed by atoms with E-state index < -0.39 is 0 Å². The first kappa shape index (κ1) is 23.4. The van der Waals surface area contributed by atoms with E-state index in [0.29, 0.717) is 5.92 Å². The van der Waals surface area contributed by atoms with Crippen molar-refractivity contribution in [1.82, 2.24) is 0 Å². The third-order valence-corrected chi connectivity index (χ3v) is 2.82. The molecule has 0 aromatic carbocycles. The quantitative estimate of drug-likeness (QED) is 0.297. The van der Waals surface area contributed by atoms with E-state index in [-0.39, 0.29) is 24.8 Å². The van der Waals surface area contributed by atoms with Gasteiger partial charge in [0.25, 0.3) is 0 Å². The Morgan fingerprint density at radius 1 is 1.22 bits per heavy atom. The average Bonchev–Trinajstić information content (AvgIpc) is 2.93. The third kappa shape index (κ3) is 8.39. The van der Waals surface area contributed by atoms with Gasteiger partial charge < -0.3 is 24.8 Å². The Morgan fingerprint density at radius 3 is 1.89 bits per heavy atom. The SMILES string of the molecule is CC1=[C-]C(C)C(C)=C1C.[C-]1=CC=CC1.[CH2]=[Hf+2].[Cl-].[Cl-]. The van der Waals surface area contributed by atoms with E-state index in [9.17, 15) is 0 Å². The zero-order valence-corrected chi connectivity index (χ0v) is 16.6. The minimum Gasteiger partial charge on any atom is -1.00 e. The monoisotopic (exact) mass is 450 g/mol. The molecule has 0 nitrogen and oxygen atoms in total. The van der Waals surface area contributed by atoms with Gasteiger partial charge in [0.2, 0.25) is 0 Å². The summed E-state index contributed by atoms with van der Waals surface area (Å²) in [6.45, 7) is 8.67. The van der Waals surface area contributed by atoms with Crippen molar-refractivity contribution in [2.75, 3.05) is 0 Å². The van der Waals surface area contributed by atoms with Crippen molar-refractivity contribution in [3.8, 4) is 0 Å². The molecule has 0 bridgehead atoms. The molecule has 1 unspecified atom stereocenters. The van der Waals surface area contributed by atoms with Gasteiger partial charge in [-0.3, -0.25) is 12.2 Å². The zero-order chi connectivity index (χ0) is 12.6. The van der Waals surface area contributed by atoms with Crippen molar-refractivity contribution in [3.05, 3.63) is 47.1 Å². The summed E-state index contributed by atoms with van der Waals surface area (Å²) in [6.07, 6.45) is 13.4. The van der Waals surface area contributed by atoms with Crippen LogP contribution in [0.3, 0.4) is 0 Å². The van der Waals surface area contributed by atoms with Crippen LogP contribution in [0.5, 0.6) is 0 Å². The molecule has 100 valence electrons. The molecule has 2 rings (SSSR count). The molecule has 0 amide bonds. The smallest absolute Gasteiger partial charge is 1.00 e. The van der Waals surface area contributed by atoms with Gasteiger partial charge in [-0.1, -0.05) is 26.7 Å². The Labute approximate surface area is 139 Å². The molecule has 0 heterocycles. The standard InChI is InChI=1S/C9H13.C5H5.CH2.2ClH.Hf/c1-6-5-7(2)9(4)8(6)3;1-2-4-5-3-1;;;;/h6H,1-4H3;1-3H,4H2;1H2;2*1H;/q2*-1;;;;+2/p-2. The summed E-state index contributed by atoms with van der Waals surface area (Å²) in [6, 6.07) is 0. The first-order valence-electron chi connectivity index (χ1n) is 5.48. The number of hydrogen-bond acceptors (Lipinski definition) is 0. The van der Waals surface area contributed by atoms with Gasteiger partial charge in [-0.15, -0.1) is 13.3 Å². The Morgan fingerprint density at radius 2 is 1.78 bits per heavy atom. The van der Waals surface area contributed by atoms with Crippen LogP contribution in [0.15, 0.2) is 34.9 Å².